The van der Waals surface area contributed by atoms with E-state index in [9.17, 15) is 4.79 Å². The van der Waals surface area contributed by atoms with Crippen molar-refractivity contribution in [3.63, 3.8) is 0 Å². The van der Waals surface area contributed by atoms with Gasteiger partial charge in [-0.3, -0.25) is 4.79 Å². The highest BCUT2D eigenvalue weighted by Gasteiger charge is 2.34. The summed E-state index contributed by atoms with van der Waals surface area (Å²) in [7, 11) is 0. The topological polar surface area (TPSA) is 55.1 Å². The van der Waals surface area contributed by atoms with Crippen molar-refractivity contribution in [3.05, 3.63) is 34.9 Å². The number of hydrogen-bond acceptors (Lipinski definition) is 2. The van der Waals surface area contributed by atoms with Gasteiger partial charge in [0.2, 0.25) is 5.91 Å². The van der Waals surface area contributed by atoms with Crippen LogP contribution < -0.4 is 11.1 Å². The van der Waals surface area contributed by atoms with Crippen LogP contribution in [0.15, 0.2) is 24.3 Å². The molecule has 3 nitrogen and oxygen atoms in total. The average Bonchev–Trinajstić information content (AvgIpc) is 2.46. The van der Waals surface area contributed by atoms with Crippen LogP contribution in [0.1, 0.15) is 37.7 Å². The Morgan fingerprint density at radius 1 is 1.20 bits per heavy atom. The van der Waals surface area contributed by atoms with E-state index in [1.807, 2.05) is 12.1 Å². The predicted molar refractivity (Wildman–Crippen MR) is 85.5 cm³/mol. The second-order valence-electron chi connectivity index (χ2n) is 5.33. The van der Waals surface area contributed by atoms with E-state index >= 15 is 0 Å². The van der Waals surface area contributed by atoms with Gasteiger partial charge in [0, 0.05) is 17.0 Å². The van der Waals surface area contributed by atoms with E-state index in [4.69, 9.17) is 17.3 Å². The van der Waals surface area contributed by atoms with Crippen molar-refractivity contribution in [2.24, 2.45) is 5.73 Å². The van der Waals surface area contributed by atoms with Gasteiger partial charge in [-0.1, -0.05) is 43.0 Å². The van der Waals surface area contributed by atoms with Crippen LogP contribution in [0.2, 0.25) is 5.02 Å². The van der Waals surface area contributed by atoms with Gasteiger partial charge in [0.25, 0.3) is 0 Å². The molecule has 0 radical (unpaired) electrons. The summed E-state index contributed by atoms with van der Waals surface area (Å²) in [6.07, 6.45) is 5.92. The van der Waals surface area contributed by atoms with Crippen LogP contribution in [0.5, 0.6) is 0 Å². The van der Waals surface area contributed by atoms with Crippen molar-refractivity contribution in [2.45, 2.75) is 37.5 Å². The highest BCUT2D eigenvalue weighted by molar-refractivity contribution is 6.30. The molecule has 20 heavy (non-hydrogen) atoms. The van der Waals surface area contributed by atoms with Gasteiger partial charge in [0.1, 0.15) is 0 Å². The zero-order chi connectivity index (χ0) is 13.7. The molecule has 3 N–H and O–H groups in total. The van der Waals surface area contributed by atoms with Crippen molar-refractivity contribution in [2.75, 3.05) is 13.1 Å². The third kappa shape index (κ3) is 4.11. The normalized spacial score (nSPS) is 17.1. The van der Waals surface area contributed by atoms with Gasteiger partial charge >= 0.3 is 0 Å². The van der Waals surface area contributed by atoms with Crippen LogP contribution in [0, 0.1) is 0 Å². The lowest BCUT2D eigenvalue weighted by Gasteiger charge is -2.38. The molecular formula is C15H22Cl2N2O. The molecule has 2 rings (SSSR count). The van der Waals surface area contributed by atoms with E-state index in [0.717, 1.165) is 17.9 Å². The zero-order valence-corrected chi connectivity index (χ0v) is 13.1. The summed E-state index contributed by atoms with van der Waals surface area (Å²) in [5, 5.41) is 3.71. The summed E-state index contributed by atoms with van der Waals surface area (Å²) < 4.78 is 0. The summed E-state index contributed by atoms with van der Waals surface area (Å²) in [5.74, 6) is -0.0843. The molecule has 1 amide bonds. The summed E-state index contributed by atoms with van der Waals surface area (Å²) in [4.78, 5) is 11.4. The first-order valence-electron chi connectivity index (χ1n) is 6.89. The van der Waals surface area contributed by atoms with E-state index < -0.39 is 0 Å². The minimum absolute atomic E-state index is 0. The molecule has 0 spiro atoms. The maximum absolute atomic E-state index is 11.4. The average molecular weight is 317 g/mol. The molecule has 5 heteroatoms. The highest BCUT2D eigenvalue weighted by Crippen LogP contribution is 2.39. The standard InChI is InChI=1S/C15H21ClN2O.ClH/c16-13-6-4-12(5-7-13)15(8-2-1-3-9-15)11-18-14(19)10-17;/h4-7H,1-3,8-11,17H2,(H,18,19);1H. The lowest BCUT2D eigenvalue weighted by molar-refractivity contribution is -0.120. The van der Waals surface area contributed by atoms with Crippen molar-refractivity contribution in [1.82, 2.24) is 5.32 Å². The number of nitrogens with two attached hydrogens (primary N) is 1. The maximum Gasteiger partial charge on any atom is 0.233 e. The molecule has 0 bridgehead atoms. The number of halogens is 2. The third-order valence-electron chi connectivity index (χ3n) is 4.08. The molecule has 1 aromatic carbocycles. The first-order chi connectivity index (χ1) is 9.16. The van der Waals surface area contributed by atoms with Crippen LogP contribution >= 0.6 is 24.0 Å². The zero-order valence-electron chi connectivity index (χ0n) is 11.5. The van der Waals surface area contributed by atoms with Gasteiger partial charge in [-0.2, -0.15) is 0 Å². The monoisotopic (exact) mass is 316 g/mol. The van der Waals surface area contributed by atoms with E-state index in [-0.39, 0.29) is 30.3 Å². The van der Waals surface area contributed by atoms with Crippen molar-refractivity contribution < 1.29 is 4.79 Å². The molecule has 0 aromatic heterocycles. The van der Waals surface area contributed by atoms with Gasteiger partial charge in [0.15, 0.2) is 0 Å². The Morgan fingerprint density at radius 2 is 1.80 bits per heavy atom. The van der Waals surface area contributed by atoms with Crippen LogP contribution in [-0.4, -0.2) is 19.0 Å². The Labute approximate surface area is 131 Å². The first kappa shape index (κ1) is 17.3. The predicted octanol–water partition coefficient (Wildman–Crippen LogP) is 3.04. The second kappa shape index (κ2) is 7.87. The van der Waals surface area contributed by atoms with E-state index in [2.05, 4.69) is 17.4 Å². The Balaban J connectivity index is 0.00000200. The van der Waals surface area contributed by atoms with Gasteiger partial charge in [0.05, 0.1) is 6.54 Å². The Hall–Kier alpha value is -0.770. The van der Waals surface area contributed by atoms with E-state index in [1.165, 1.54) is 24.8 Å². The number of amides is 1. The molecule has 1 aliphatic carbocycles. The number of rotatable bonds is 4. The summed E-state index contributed by atoms with van der Waals surface area (Å²) in [5.41, 5.74) is 6.68. The van der Waals surface area contributed by atoms with Crippen molar-refractivity contribution in [1.29, 1.82) is 0 Å². The Kier molecular flexibility index (Phi) is 6.80. The lowest BCUT2D eigenvalue weighted by atomic mass is 9.69. The van der Waals surface area contributed by atoms with Crippen LogP contribution in [0.4, 0.5) is 0 Å². The molecular weight excluding hydrogens is 295 g/mol. The molecule has 1 fully saturated rings. The van der Waals surface area contributed by atoms with Crippen molar-refractivity contribution in [3.8, 4) is 0 Å². The summed E-state index contributed by atoms with van der Waals surface area (Å²) >= 11 is 5.96. The smallest absolute Gasteiger partial charge is 0.233 e. The van der Waals surface area contributed by atoms with Crippen LogP contribution in [0.3, 0.4) is 0 Å². The maximum atomic E-state index is 11.4. The number of nitrogens with one attached hydrogen (secondary N) is 1. The van der Waals surface area contributed by atoms with Crippen LogP contribution in [-0.2, 0) is 10.2 Å². The van der Waals surface area contributed by atoms with Gasteiger partial charge in [-0.25, -0.2) is 0 Å². The Morgan fingerprint density at radius 3 is 2.35 bits per heavy atom. The largest absolute Gasteiger partial charge is 0.354 e. The Bertz CT molecular complexity index is 428. The summed E-state index contributed by atoms with van der Waals surface area (Å²) in [6, 6.07) is 8.03. The van der Waals surface area contributed by atoms with Crippen molar-refractivity contribution >= 4 is 29.9 Å². The second-order valence-corrected chi connectivity index (χ2v) is 5.77. The molecule has 1 saturated carbocycles. The first-order valence-corrected chi connectivity index (χ1v) is 7.27. The van der Waals surface area contributed by atoms with Gasteiger partial charge < -0.3 is 11.1 Å². The molecule has 1 aromatic rings. The van der Waals surface area contributed by atoms with Gasteiger partial charge in [-0.05, 0) is 30.5 Å². The molecule has 1 aliphatic rings. The van der Waals surface area contributed by atoms with Gasteiger partial charge in [-0.15, -0.1) is 12.4 Å². The number of hydrogen-bond donors (Lipinski definition) is 2. The summed E-state index contributed by atoms with van der Waals surface area (Å²) in [6.45, 7) is 0.724. The van der Waals surface area contributed by atoms with E-state index in [0.29, 0.717) is 6.54 Å². The molecule has 0 aliphatic heterocycles. The van der Waals surface area contributed by atoms with E-state index in [1.54, 1.807) is 0 Å². The molecule has 112 valence electrons. The third-order valence-corrected chi connectivity index (χ3v) is 4.33. The fourth-order valence-electron chi connectivity index (χ4n) is 2.94. The molecule has 0 atom stereocenters. The number of benzene rings is 1. The minimum Gasteiger partial charge on any atom is -0.354 e. The highest BCUT2D eigenvalue weighted by atomic mass is 35.5. The molecule has 0 unspecified atom stereocenters. The fourth-order valence-corrected chi connectivity index (χ4v) is 3.07. The SMILES string of the molecule is Cl.NCC(=O)NCC1(c2ccc(Cl)cc2)CCCCC1. The minimum atomic E-state index is -0.0843. The molecule has 0 heterocycles. The van der Waals surface area contributed by atoms with Crippen LogP contribution in [0.25, 0.3) is 0 Å². The number of carbonyl (C=O) groups is 1. The fraction of sp³-hybridized carbons (Fsp3) is 0.533. The molecule has 0 saturated heterocycles. The lowest BCUT2D eigenvalue weighted by Crippen LogP contribution is -2.44. The number of carbonyl (C=O) groups excluding carboxylic acids is 1. The quantitative estimate of drug-likeness (QED) is 0.897.